The Morgan fingerprint density at radius 3 is 3.05 bits per heavy atom. The maximum atomic E-state index is 13.3. The van der Waals surface area contributed by atoms with Gasteiger partial charge in [-0.05, 0) is 17.7 Å². The predicted molar refractivity (Wildman–Crippen MR) is 73.4 cm³/mol. The van der Waals surface area contributed by atoms with Crippen molar-refractivity contribution in [1.29, 1.82) is 0 Å². The third-order valence-corrected chi connectivity index (χ3v) is 3.69. The van der Waals surface area contributed by atoms with Gasteiger partial charge in [-0.3, -0.25) is 4.40 Å². The number of rotatable bonds is 4. The van der Waals surface area contributed by atoms with E-state index in [9.17, 15) is 4.39 Å². The van der Waals surface area contributed by atoms with Crippen LogP contribution in [0.4, 0.5) is 4.39 Å². The molecular formula is C13H10ClFN2OS. The maximum absolute atomic E-state index is 13.3. The maximum Gasteiger partial charge on any atom is 0.193 e. The van der Waals surface area contributed by atoms with Crippen LogP contribution in [-0.2, 0) is 12.5 Å². The molecule has 0 aliphatic heterocycles. The van der Waals surface area contributed by atoms with Crippen LogP contribution < -0.4 is 4.74 Å². The van der Waals surface area contributed by atoms with Crippen molar-refractivity contribution in [1.82, 2.24) is 9.38 Å². The van der Waals surface area contributed by atoms with Gasteiger partial charge in [0, 0.05) is 29.7 Å². The second-order valence-corrected chi connectivity index (χ2v) is 5.18. The minimum atomic E-state index is -0.348. The summed E-state index contributed by atoms with van der Waals surface area (Å²) in [6.45, 7) is 0.305. The summed E-state index contributed by atoms with van der Waals surface area (Å²) in [5, 5.41) is 1.96. The van der Waals surface area contributed by atoms with Gasteiger partial charge in [-0.25, -0.2) is 9.37 Å². The lowest BCUT2D eigenvalue weighted by Crippen LogP contribution is -1.97. The number of hydrogen-bond donors (Lipinski definition) is 0. The van der Waals surface area contributed by atoms with E-state index in [4.69, 9.17) is 16.3 Å². The van der Waals surface area contributed by atoms with E-state index >= 15 is 0 Å². The molecular weight excluding hydrogens is 287 g/mol. The van der Waals surface area contributed by atoms with E-state index in [1.54, 1.807) is 17.4 Å². The molecule has 0 spiro atoms. The molecule has 0 saturated heterocycles. The molecule has 1 aromatic carbocycles. The Kier molecular flexibility index (Phi) is 3.40. The fraction of sp³-hybridized carbons (Fsp3) is 0.154. The summed E-state index contributed by atoms with van der Waals surface area (Å²) < 4.78 is 20.8. The zero-order valence-corrected chi connectivity index (χ0v) is 11.4. The molecule has 0 amide bonds. The number of benzene rings is 1. The predicted octanol–water partition coefficient (Wildman–Crippen LogP) is 3.85. The molecule has 3 aromatic rings. The molecule has 0 unspecified atom stereocenters. The van der Waals surface area contributed by atoms with E-state index in [-0.39, 0.29) is 11.7 Å². The van der Waals surface area contributed by atoms with Crippen LogP contribution in [-0.4, -0.2) is 9.38 Å². The molecule has 3 nitrogen and oxygen atoms in total. The molecule has 2 heterocycles. The normalized spacial score (nSPS) is 11.1. The molecule has 6 heteroatoms. The Morgan fingerprint density at radius 1 is 1.37 bits per heavy atom. The third-order valence-electron chi connectivity index (χ3n) is 2.62. The molecule has 3 rings (SSSR count). The van der Waals surface area contributed by atoms with E-state index in [0.29, 0.717) is 17.9 Å². The molecule has 0 aliphatic carbocycles. The number of nitrogens with zero attached hydrogens (tertiary/aromatic N) is 2. The topological polar surface area (TPSA) is 26.5 Å². The quantitative estimate of drug-likeness (QED) is 0.684. The molecule has 2 aromatic heterocycles. The van der Waals surface area contributed by atoms with Crippen LogP contribution in [0.2, 0.25) is 0 Å². The Labute approximate surface area is 118 Å². The Balaban J connectivity index is 1.75. The van der Waals surface area contributed by atoms with Gasteiger partial charge in [0.1, 0.15) is 18.2 Å². The molecule has 0 fully saturated rings. The van der Waals surface area contributed by atoms with Gasteiger partial charge in [0.05, 0.1) is 5.69 Å². The second kappa shape index (κ2) is 5.19. The van der Waals surface area contributed by atoms with Crippen molar-refractivity contribution in [3.63, 3.8) is 0 Å². The summed E-state index contributed by atoms with van der Waals surface area (Å²) in [6.07, 6.45) is 3.83. The Bertz CT molecular complexity index is 681. The summed E-state index contributed by atoms with van der Waals surface area (Å²) >= 11 is 7.25. The van der Waals surface area contributed by atoms with E-state index < -0.39 is 0 Å². The van der Waals surface area contributed by atoms with Gasteiger partial charge in [-0.1, -0.05) is 0 Å². The highest BCUT2D eigenvalue weighted by Gasteiger charge is 2.05. The monoisotopic (exact) mass is 296 g/mol. The highest BCUT2D eigenvalue weighted by Crippen LogP contribution is 2.19. The van der Waals surface area contributed by atoms with Crippen LogP contribution >= 0.6 is 22.9 Å². The lowest BCUT2D eigenvalue weighted by atomic mass is 10.2. The van der Waals surface area contributed by atoms with Crippen LogP contribution in [0.3, 0.4) is 0 Å². The van der Waals surface area contributed by atoms with E-state index in [2.05, 4.69) is 4.98 Å². The van der Waals surface area contributed by atoms with Crippen molar-refractivity contribution >= 4 is 27.9 Å². The van der Waals surface area contributed by atoms with Crippen molar-refractivity contribution in [2.45, 2.75) is 12.5 Å². The minimum absolute atomic E-state index is 0.258. The first-order valence-electron chi connectivity index (χ1n) is 5.64. The summed E-state index contributed by atoms with van der Waals surface area (Å²) in [6, 6.07) is 4.47. The standard InChI is InChI=1S/C13H10ClFN2OS/c14-6-9-3-10(15)5-12(4-9)18-8-11-7-17-1-2-19-13(17)16-11/h1-5,7H,6,8H2. The number of ether oxygens (including phenoxy) is 1. The van der Waals surface area contributed by atoms with Crippen molar-refractivity contribution in [2.24, 2.45) is 0 Å². The average molecular weight is 297 g/mol. The number of alkyl halides is 1. The zero-order valence-electron chi connectivity index (χ0n) is 9.85. The molecule has 0 atom stereocenters. The number of fused-ring (bicyclic) bond motifs is 1. The zero-order chi connectivity index (χ0) is 13.2. The van der Waals surface area contributed by atoms with Crippen molar-refractivity contribution < 1.29 is 9.13 Å². The van der Waals surface area contributed by atoms with Crippen molar-refractivity contribution in [3.8, 4) is 5.75 Å². The third kappa shape index (κ3) is 2.72. The summed E-state index contributed by atoms with van der Waals surface area (Å²) in [7, 11) is 0. The van der Waals surface area contributed by atoms with Gasteiger partial charge in [-0.2, -0.15) is 0 Å². The van der Waals surface area contributed by atoms with Gasteiger partial charge in [0.2, 0.25) is 0 Å². The number of thiazole rings is 1. The van der Waals surface area contributed by atoms with Crippen molar-refractivity contribution in [3.05, 3.63) is 53.0 Å². The minimum Gasteiger partial charge on any atom is -0.487 e. The highest BCUT2D eigenvalue weighted by atomic mass is 35.5. The first-order valence-corrected chi connectivity index (χ1v) is 7.05. The molecule has 0 radical (unpaired) electrons. The first kappa shape index (κ1) is 12.4. The molecule has 0 aliphatic rings. The van der Waals surface area contributed by atoms with Gasteiger partial charge < -0.3 is 4.74 Å². The van der Waals surface area contributed by atoms with Crippen molar-refractivity contribution in [2.75, 3.05) is 0 Å². The van der Waals surface area contributed by atoms with Crippen LogP contribution in [0.1, 0.15) is 11.3 Å². The lowest BCUT2D eigenvalue weighted by molar-refractivity contribution is 0.300. The molecule has 98 valence electrons. The fourth-order valence-electron chi connectivity index (χ4n) is 1.78. The SMILES string of the molecule is Fc1cc(CCl)cc(OCc2cn3ccsc3n2)c1. The van der Waals surface area contributed by atoms with E-state index in [0.717, 1.165) is 10.7 Å². The lowest BCUT2D eigenvalue weighted by Gasteiger charge is -2.06. The van der Waals surface area contributed by atoms with Gasteiger partial charge in [-0.15, -0.1) is 22.9 Å². The van der Waals surface area contributed by atoms with Crippen LogP contribution in [0.5, 0.6) is 5.75 Å². The molecule has 0 saturated carbocycles. The number of imidazole rings is 1. The van der Waals surface area contributed by atoms with Crippen LogP contribution in [0.15, 0.2) is 36.0 Å². The molecule has 0 bridgehead atoms. The van der Waals surface area contributed by atoms with Gasteiger partial charge in [0.25, 0.3) is 0 Å². The van der Waals surface area contributed by atoms with Gasteiger partial charge >= 0.3 is 0 Å². The summed E-state index contributed by atoms with van der Waals surface area (Å²) in [5.41, 5.74) is 1.51. The highest BCUT2D eigenvalue weighted by molar-refractivity contribution is 7.15. The van der Waals surface area contributed by atoms with E-state index in [1.165, 1.54) is 12.1 Å². The number of hydrogen-bond acceptors (Lipinski definition) is 3. The number of aromatic nitrogens is 2. The summed E-state index contributed by atoms with van der Waals surface area (Å²) in [4.78, 5) is 5.31. The molecule has 0 N–H and O–H groups in total. The van der Waals surface area contributed by atoms with Crippen LogP contribution in [0, 0.1) is 5.82 Å². The van der Waals surface area contributed by atoms with Crippen LogP contribution in [0.25, 0.3) is 4.96 Å². The fourth-order valence-corrected chi connectivity index (χ4v) is 2.66. The van der Waals surface area contributed by atoms with E-state index in [1.807, 2.05) is 22.2 Å². The van der Waals surface area contributed by atoms with Gasteiger partial charge in [0.15, 0.2) is 4.96 Å². The first-order chi connectivity index (χ1) is 9.24. The average Bonchev–Trinajstić information content (AvgIpc) is 2.96. The largest absolute Gasteiger partial charge is 0.487 e. The number of halogens is 2. The smallest absolute Gasteiger partial charge is 0.193 e. The molecule has 19 heavy (non-hydrogen) atoms. The second-order valence-electron chi connectivity index (χ2n) is 4.04. The Morgan fingerprint density at radius 2 is 2.26 bits per heavy atom. The summed E-state index contributed by atoms with van der Waals surface area (Å²) in [5.74, 6) is 0.375. The Hall–Kier alpha value is -1.59.